The molecular formula is C6H17AlO2P+. The van der Waals surface area contributed by atoms with Gasteiger partial charge in [-0.1, -0.05) is 13.3 Å². The van der Waals surface area contributed by atoms with Gasteiger partial charge in [-0.05, 0) is 17.9 Å². The van der Waals surface area contributed by atoms with E-state index < -0.39 is 8.03 Å². The van der Waals surface area contributed by atoms with Crippen LogP contribution in [-0.4, -0.2) is 30.1 Å². The largest absolute Gasteiger partial charge is 0.508 e. The standard InChI is InChI=1S/C6H14O2P.Al.3H/c1-3-5-6-9(7)8-4-2;;;;/h3-6H2,1-2H3;;;;/q+1;;;;. The molecule has 0 heterocycles. The predicted molar refractivity (Wildman–Crippen MR) is 48.9 cm³/mol. The molecule has 0 bridgehead atoms. The van der Waals surface area contributed by atoms with E-state index in [9.17, 15) is 4.57 Å². The first-order valence-corrected chi connectivity index (χ1v) is 4.75. The van der Waals surface area contributed by atoms with Crippen LogP contribution in [0.25, 0.3) is 0 Å². The van der Waals surface area contributed by atoms with Gasteiger partial charge >= 0.3 is 8.03 Å². The number of rotatable bonds is 5. The second-order valence-corrected chi connectivity index (χ2v) is 3.20. The van der Waals surface area contributed by atoms with Crippen molar-refractivity contribution in [1.29, 1.82) is 0 Å². The van der Waals surface area contributed by atoms with E-state index in [1.807, 2.05) is 6.92 Å². The Morgan fingerprint density at radius 1 is 1.40 bits per heavy atom. The molecule has 60 valence electrons. The Morgan fingerprint density at radius 3 is 2.40 bits per heavy atom. The summed E-state index contributed by atoms with van der Waals surface area (Å²) in [5, 5.41) is 0. The maximum absolute atomic E-state index is 10.7. The molecular weight excluding hydrogens is 162 g/mol. The van der Waals surface area contributed by atoms with Gasteiger partial charge in [0.05, 0.1) is 6.61 Å². The fourth-order valence-electron chi connectivity index (χ4n) is 0.496. The molecule has 0 saturated carbocycles. The van der Waals surface area contributed by atoms with Crippen molar-refractivity contribution in [2.75, 3.05) is 12.8 Å². The molecule has 0 amide bonds. The van der Waals surface area contributed by atoms with Crippen LogP contribution >= 0.6 is 8.03 Å². The van der Waals surface area contributed by atoms with Crippen molar-refractivity contribution in [2.45, 2.75) is 26.7 Å². The normalized spacial score (nSPS) is 10.4. The number of hydrogen-bond acceptors (Lipinski definition) is 2. The lowest BCUT2D eigenvalue weighted by molar-refractivity contribution is 0.350. The van der Waals surface area contributed by atoms with Crippen LogP contribution in [0.2, 0.25) is 0 Å². The van der Waals surface area contributed by atoms with Gasteiger partial charge < -0.3 is 0 Å². The molecule has 0 N–H and O–H groups in total. The molecule has 0 saturated heterocycles. The second-order valence-electron chi connectivity index (χ2n) is 1.83. The first kappa shape index (κ1) is 13.2. The lowest BCUT2D eigenvalue weighted by atomic mass is 10.4. The molecule has 0 aliphatic heterocycles. The summed E-state index contributed by atoms with van der Waals surface area (Å²) in [6.45, 7) is 4.51. The van der Waals surface area contributed by atoms with Crippen molar-refractivity contribution in [2.24, 2.45) is 0 Å². The first-order chi connectivity index (χ1) is 4.31. The summed E-state index contributed by atoms with van der Waals surface area (Å²) < 4.78 is 15.6. The van der Waals surface area contributed by atoms with Crippen LogP contribution < -0.4 is 0 Å². The van der Waals surface area contributed by atoms with Crippen molar-refractivity contribution in [3.05, 3.63) is 0 Å². The van der Waals surface area contributed by atoms with E-state index in [1.54, 1.807) is 0 Å². The number of hydrogen-bond donors (Lipinski definition) is 0. The van der Waals surface area contributed by atoms with E-state index in [-0.39, 0.29) is 17.4 Å². The monoisotopic (exact) mass is 179 g/mol. The Kier molecular flexibility index (Phi) is 12.7. The third kappa shape index (κ3) is 8.59. The SMILES string of the molecule is CCCC[P+](=O)OCC.[AlH3]. The summed E-state index contributed by atoms with van der Waals surface area (Å²) in [6.07, 6.45) is 2.82. The summed E-state index contributed by atoms with van der Waals surface area (Å²) in [6, 6.07) is 0. The van der Waals surface area contributed by atoms with Crippen LogP contribution in [-0.2, 0) is 9.09 Å². The van der Waals surface area contributed by atoms with Crippen molar-refractivity contribution in [3.63, 3.8) is 0 Å². The molecule has 0 aromatic rings. The quantitative estimate of drug-likeness (QED) is 0.470. The minimum atomic E-state index is -1.34. The van der Waals surface area contributed by atoms with Gasteiger partial charge in [-0.15, -0.1) is 4.52 Å². The maximum atomic E-state index is 10.7. The van der Waals surface area contributed by atoms with Gasteiger partial charge in [0.2, 0.25) is 0 Å². The highest BCUT2D eigenvalue weighted by Gasteiger charge is 2.13. The fourth-order valence-corrected chi connectivity index (χ4v) is 1.49. The molecule has 10 heavy (non-hydrogen) atoms. The minimum absolute atomic E-state index is 0. The molecule has 0 aliphatic rings. The van der Waals surface area contributed by atoms with Crippen molar-refractivity contribution < 1.29 is 9.09 Å². The Labute approximate surface area is 74.3 Å². The van der Waals surface area contributed by atoms with E-state index in [4.69, 9.17) is 4.52 Å². The molecule has 0 aromatic heterocycles. The second kappa shape index (κ2) is 9.59. The maximum Gasteiger partial charge on any atom is 0.508 e. The van der Waals surface area contributed by atoms with Crippen LogP contribution in [0.1, 0.15) is 26.7 Å². The average Bonchev–Trinajstić information content (AvgIpc) is 1.85. The number of unbranched alkanes of at least 4 members (excludes halogenated alkanes) is 1. The van der Waals surface area contributed by atoms with Crippen LogP contribution in [0, 0.1) is 0 Å². The zero-order valence-electron chi connectivity index (χ0n) is 6.09. The van der Waals surface area contributed by atoms with Crippen molar-refractivity contribution in [3.8, 4) is 0 Å². The molecule has 1 unspecified atom stereocenters. The van der Waals surface area contributed by atoms with Gasteiger partial charge in [0, 0.05) is 0 Å². The molecule has 0 aliphatic carbocycles. The van der Waals surface area contributed by atoms with Crippen LogP contribution in [0.4, 0.5) is 0 Å². The Balaban J connectivity index is 0. The zero-order chi connectivity index (χ0) is 7.11. The van der Waals surface area contributed by atoms with Gasteiger partial charge in [0.15, 0.2) is 23.5 Å². The minimum Gasteiger partial charge on any atom is -0.147 e. The zero-order valence-corrected chi connectivity index (χ0v) is 6.99. The summed E-state index contributed by atoms with van der Waals surface area (Å²) in [7, 11) is -1.34. The van der Waals surface area contributed by atoms with Gasteiger partial charge in [-0.2, -0.15) is 0 Å². The van der Waals surface area contributed by atoms with E-state index >= 15 is 0 Å². The average molecular weight is 179 g/mol. The third-order valence-electron chi connectivity index (χ3n) is 0.967. The molecule has 0 aromatic carbocycles. The lowest BCUT2D eigenvalue weighted by Gasteiger charge is -1.83. The molecule has 0 spiro atoms. The topological polar surface area (TPSA) is 26.3 Å². The molecule has 2 nitrogen and oxygen atoms in total. The smallest absolute Gasteiger partial charge is 0.147 e. The first-order valence-electron chi connectivity index (χ1n) is 3.38. The highest BCUT2D eigenvalue weighted by molar-refractivity contribution is 7.39. The van der Waals surface area contributed by atoms with Gasteiger partial charge in [0.25, 0.3) is 0 Å². The highest BCUT2D eigenvalue weighted by atomic mass is 31.1. The Bertz CT molecular complexity index is 87.8. The van der Waals surface area contributed by atoms with E-state index in [1.165, 1.54) is 0 Å². The molecule has 0 fully saturated rings. The predicted octanol–water partition coefficient (Wildman–Crippen LogP) is 1.38. The van der Waals surface area contributed by atoms with E-state index in [0.29, 0.717) is 6.61 Å². The summed E-state index contributed by atoms with van der Waals surface area (Å²) in [5.74, 6) is 0. The summed E-state index contributed by atoms with van der Waals surface area (Å²) >= 11 is 0. The summed E-state index contributed by atoms with van der Waals surface area (Å²) in [5.41, 5.74) is 0. The van der Waals surface area contributed by atoms with Gasteiger partial charge in [-0.3, -0.25) is 0 Å². The van der Waals surface area contributed by atoms with Crippen LogP contribution in [0.3, 0.4) is 0 Å². The molecule has 4 heteroatoms. The lowest BCUT2D eigenvalue weighted by Crippen LogP contribution is -1.82. The Hall–Kier alpha value is 0.592. The summed E-state index contributed by atoms with van der Waals surface area (Å²) in [4.78, 5) is 0. The fraction of sp³-hybridized carbons (Fsp3) is 1.00. The van der Waals surface area contributed by atoms with Crippen molar-refractivity contribution in [1.82, 2.24) is 0 Å². The Morgan fingerprint density at radius 2 is 2.00 bits per heavy atom. The third-order valence-corrected chi connectivity index (χ3v) is 2.19. The van der Waals surface area contributed by atoms with Crippen LogP contribution in [0.15, 0.2) is 0 Å². The molecule has 0 radical (unpaired) electrons. The van der Waals surface area contributed by atoms with E-state index in [2.05, 4.69) is 6.92 Å². The molecule has 1 atom stereocenters. The van der Waals surface area contributed by atoms with Gasteiger partial charge in [-0.25, -0.2) is 0 Å². The van der Waals surface area contributed by atoms with E-state index in [0.717, 1.165) is 19.0 Å². The van der Waals surface area contributed by atoms with Crippen molar-refractivity contribution >= 4 is 25.4 Å². The molecule has 0 rings (SSSR count). The van der Waals surface area contributed by atoms with Gasteiger partial charge in [0.1, 0.15) is 0 Å². The van der Waals surface area contributed by atoms with Crippen LogP contribution in [0.5, 0.6) is 0 Å². The highest BCUT2D eigenvalue weighted by Crippen LogP contribution is 2.22.